The monoisotopic (exact) mass is 322 g/mol. The highest BCUT2D eigenvalue weighted by Gasteiger charge is 2.16. The van der Waals surface area contributed by atoms with Crippen LogP contribution in [0.15, 0.2) is 0 Å². The predicted molar refractivity (Wildman–Crippen MR) is 73.6 cm³/mol. The molecule has 0 aromatic heterocycles. The summed E-state index contributed by atoms with van der Waals surface area (Å²) in [4.78, 5) is 11.9. The Morgan fingerprint density at radius 3 is 2.07 bits per heavy atom. The first-order chi connectivity index (χ1) is 7.34. The Labute approximate surface area is 108 Å². The molecular weight excluding hydrogens is 299 g/mol. The second-order valence-electron chi connectivity index (χ2n) is 4.68. The summed E-state index contributed by atoms with van der Waals surface area (Å²) in [5.74, 6) is 0.898. The van der Waals surface area contributed by atoms with E-state index in [0.29, 0.717) is 11.7 Å². The van der Waals surface area contributed by atoms with Crippen LogP contribution in [0.5, 0.6) is 0 Å². The van der Waals surface area contributed by atoms with Crippen molar-refractivity contribution in [1.82, 2.24) is 0 Å². The average Bonchev–Trinajstić information content (AvgIpc) is 2.23. The van der Waals surface area contributed by atoms with Crippen LogP contribution in [0, 0.1) is 5.92 Å². The fourth-order valence-corrected chi connectivity index (χ4v) is 3.21. The van der Waals surface area contributed by atoms with E-state index in [4.69, 9.17) is 0 Å². The maximum Gasteiger partial charge on any atom is 0.136 e. The molecule has 15 heavy (non-hydrogen) atoms. The van der Waals surface area contributed by atoms with Gasteiger partial charge in [0.1, 0.15) is 5.78 Å². The van der Waals surface area contributed by atoms with Crippen molar-refractivity contribution in [3.8, 4) is 0 Å². The molecule has 1 atom stereocenters. The molecule has 0 N–H and O–H groups in total. The SMILES string of the molecule is O=C1CCCCCCCCCCC1CI. The molecular formula is C13H23IO. The van der Waals surface area contributed by atoms with Gasteiger partial charge in [-0.1, -0.05) is 67.5 Å². The van der Waals surface area contributed by atoms with E-state index >= 15 is 0 Å². The first-order valence-electron chi connectivity index (χ1n) is 6.43. The van der Waals surface area contributed by atoms with Gasteiger partial charge in [-0.2, -0.15) is 0 Å². The van der Waals surface area contributed by atoms with Crippen LogP contribution in [0.3, 0.4) is 0 Å². The van der Waals surface area contributed by atoms with E-state index in [0.717, 1.165) is 23.7 Å². The molecule has 2 heteroatoms. The van der Waals surface area contributed by atoms with E-state index in [9.17, 15) is 4.79 Å². The molecule has 0 saturated heterocycles. The van der Waals surface area contributed by atoms with Crippen LogP contribution < -0.4 is 0 Å². The molecule has 0 aliphatic heterocycles. The van der Waals surface area contributed by atoms with Crippen LogP contribution >= 0.6 is 22.6 Å². The third kappa shape index (κ3) is 5.88. The first-order valence-corrected chi connectivity index (χ1v) is 7.96. The smallest absolute Gasteiger partial charge is 0.136 e. The lowest BCUT2D eigenvalue weighted by Crippen LogP contribution is -2.16. The molecule has 0 aromatic rings. The number of hydrogen-bond donors (Lipinski definition) is 0. The predicted octanol–water partition coefficient (Wildman–Crippen LogP) is 4.52. The number of carbonyl (C=O) groups is 1. The maximum absolute atomic E-state index is 11.9. The van der Waals surface area contributed by atoms with E-state index in [-0.39, 0.29) is 0 Å². The van der Waals surface area contributed by atoms with Gasteiger partial charge in [0, 0.05) is 16.8 Å². The Morgan fingerprint density at radius 1 is 0.933 bits per heavy atom. The number of hydrogen-bond acceptors (Lipinski definition) is 1. The van der Waals surface area contributed by atoms with Crippen molar-refractivity contribution < 1.29 is 4.79 Å². The fourth-order valence-electron chi connectivity index (χ4n) is 2.28. The van der Waals surface area contributed by atoms with Gasteiger partial charge >= 0.3 is 0 Å². The van der Waals surface area contributed by atoms with Crippen molar-refractivity contribution in [2.45, 2.75) is 64.2 Å². The molecule has 1 saturated carbocycles. The minimum absolute atomic E-state index is 0.366. The van der Waals surface area contributed by atoms with Gasteiger partial charge in [0.25, 0.3) is 0 Å². The third-order valence-electron chi connectivity index (χ3n) is 3.37. The van der Waals surface area contributed by atoms with Gasteiger partial charge in [-0.15, -0.1) is 0 Å². The summed E-state index contributed by atoms with van der Waals surface area (Å²) in [7, 11) is 0. The number of rotatable bonds is 1. The molecule has 1 rings (SSSR count). The van der Waals surface area contributed by atoms with Crippen LogP contribution in [0.25, 0.3) is 0 Å². The summed E-state index contributed by atoms with van der Waals surface area (Å²) in [5.41, 5.74) is 0. The summed E-state index contributed by atoms with van der Waals surface area (Å²) >= 11 is 2.37. The van der Waals surface area contributed by atoms with Crippen LogP contribution in [0.4, 0.5) is 0 Å². The molecule has 88 valence electrons. The van der Waals surface area contributed by atoms with Gasteiger partial charge < -0.3 is 0 Å². The molecule has 0 aromatic carbocycles. The number of carbonyl (C=O) groups excluding carboxylic acids is 1. The summed E-state index contributed by atoms with van der Waals surface area (Å²) in [6.07, 6.45) is 12.5. The Kier molecular flexibility index (Phi) is 7.67. The zero-order chi connectivity index (χ0) is 10.9. The largest absolute Gasteiger partial charge is 0.299 e. The van der Waals surface area contributed by atoms with Gasteiger partial charge in [-0.25, -0.2) is 0 Å². The minimum Gasteiger partial charge on any atom is -0.299 e. The molecule has 0 amide bonds. The van der Waals surface area contributed by atoms with Gasteiger partial charge in [0.2, 0.25) is 0 Å². The van der Waals surface area contributed by atoms with Crippen LogP contribution in [0.2, 0.25) is 0 Å². The van der Waals surface area contributed by atoms with Crippen molar-refractivity contribution in [2.24, 2.45) is 5.92 Å². The topological polar surface area (TPSA) is 17.1 Å². The molecule has 0 spiro atoms. The highest BCUT2D eigenvalue weighted by molar-refractivity contribution is 14.1. The highest BCUT2D eigenvalue weighted by Crippen LogP contribution is 2.20. The lowest BCUT2D eigenvalue weighted by Gasteiger charge is -2.13. The summed E-state index contributed by atoms with van der Waals surface area (Å²) in [6, 6.07) is 0. The molecule has 1 fully saturated rings. The number of alkyl halides is 1. The summed E-state index contributed by atoms with van der Waals surface area (Å²) < 4.78 is 1.02. The zero-order valence-corrected chi connectivity index (χ0v) is 11.8. The molecule has 1 aliphatic rings. The number of halogens is 1. The maximum atomic E-state index is 11.9. The van der Waals surface area contributed by atoms with Gasteiger partial charge in [0.15, 0.2) is 0 Å². The van der Waals surface area contributed by atoms with Crippen molar-refractivity contribution in [1.29, 1.82) is 0 Å². The molecule has 0 bridgehead atoms. The second-order valence-corrected chi connectivity index (χ2v) is 5.57. The van der Waals surface area contributed by atoms with Gasteiger partial charge in [0.05, 0.1) is 0 Å². The van der Waals surface area contributed by atoms with Crippen molar-refractivity contribution >= 4 is 28.4 Å². The third-order valence-corrected chi connectivity index (χ3v) is 4.43. The Balaban J connectivity index is 2.34. The number of ketones is 1. The first kappa shape index (κ1) is 13.5. The van der Waals surface area contributed by atoms with E-state index in [1.54, 1.807) is 0 Å². The van der Waals surface area contributed by atoms with E-state index in [1.807, 2.05) is 0 Å². The van der Waals surface area contributed by atoms with E-state index in [2.05, 4.69) is 22.6 Å². The second kappa shape index (κ2) is 8.54. The van der Waals surface area contributed by atoms with Crippen molar-refractivity contribution in [3.63, 3.8) is 0 Å². The molecule has 1 unspecified atom stereocenters. The van der Waals surface area contributed by atoms with Crippen LogP contribution in [0.1, 0.15) is 64.2 Å². The molecule has 0 radical (unpaired) electrons. The Hall–Kier alpha value is 0.400. The zero-order valence-electron chi connectivity index (χ0n) is 9.64. The summed E-state index contributed by atoms with van der Waals surface area (Å²) in [6.45, 7) is 0. The Bertz CT molecular complexity index is 179. The lowest BCUT2D eigenvalue weighted by molar-refractivity contribution is -0.122. The van der Waals surface area contributed by atoms with E-state index < -0.39 is 0 Å². The van der Waals surface area contributed by atoms with Crippen LogP contribution in [-0.4, -0.2) is 10.2 Å². The fraction of sp³-hybridized carbons (Fsp3) is 0.923. The minimum atomic E-state index is 0.366. The van der Waals surface area contributed by atoms with Crippen molar-refractivity contribution in [2.75, 3.05) is 4.43 Å². The van der Waals surface area contributed by atoms with Crippen molar-refractivity contribution in [3.05, 3.63) is 0 Å². The average molecular weight is 322 g/mol. The molecule has 1 nitrogen and oxygen atoms in total. The van der Waals surface area contributed by atoms with Gasteiger partial charge in [-0.05, 0) is 12.8 Å². The molecule has 0 heterocycles. The highest BCUT2D eigenvalue weighted by atomic mass is 127. The van der Waals surface area contributed by atoms with Gasteiger partial charge in [-0.3, -0.25) is 4.79 Å². The number of Topliss-reactive ketones (excluding diaryl/α,β-unsaturated/α-hetero) is 1. The van der Waals surface area contributed by atoms with Crippen LogP contribution in [-0.2, 0) is 4.79 Å². The lowest BCUT2D eigenvalue weighted by atomic mass is 9.93. The standard InChI is InChI=1S/C13H23IO/c14-11-12-9-7-5-3-1-2-4-6-8-10-13(12)15/h12H,1-11H2. The summed E-state index contributed by atoms with van der Waals surface area (Å²) in [5, 5.41) is 0. The quantitative estimate of drug-likeness (QED) is 0.512. The Morgan fingerprint density at radius 2 is 1.47 bits per heavy atom. The normalized spacial score (nSPS) is 26.7. The van der Waals surface area contributed by atoms with E-state index in [1.165, 1.54) is 44.9 Å². The molecule has 1 aliphatic carbocycles.